The van der Waals surface area contributed by atoms with E-state index in [1.807, 2.05) is 0 Å². The first-order chi connectivity index (χ1) is 17.7. The van der Waals surface area contributed by atoms with E-state index in [0.717, 1.165) is 4.90 Å². The second-order valence-electron chi connectivity index (χ2n) is 8.50. The Balaban J connectivity index is 1.26. The summed E-state index contributed by atoms with van der Waals surface area (Å²) in [5.41, 5.74) is 0.222. The van der Waals surface area contributed by atoms with Gasteiger partial charge in [0.2, 0.25) is 18.0 Å². The molecule has 5 heterocycles. The number of likely N-dealkylation sites (N-methyl/N-ethyl adjacent to an activating group) is 1. The number of imide groups is 1. The number of rotatable bonds is 2. The Morgan fingerprint density at radius 2 is 1.57 bits per heavy atom. The van der Waals surface area contributed by atoms with Gasteiger partial charge in [-0.1, -0.05) is 11.6 Å². The summed E-state index contributed by atoms with van der Waals surface area (Å²) in [6.45, 7) is 0.263. The van der Waals surface area contributed by atoms with E-state index in [4.69, 9.17) is 16.3 Å². The van der Waals surface area contributed by atoms with Gasteiger partial charge in [0.15, 0.2) is 5.69 Å². The number of fused-ring (bicyclic) bond motifs is 1. The second-order valence-corrected chi connectivity index (χ2v) is 8.93. The molecular weight excluding hydrogens is 508 g/mol. The molecule has 3 aliphatic rings. The fraction of sp³-hybridized carbons (Fsp3) is 0.364. The highest BCUT2D eigenvalue weighted by Crippen LogP contribution is 2.36. The number of halogens is 1. The molecule has 2 fully saturated rings. The average Bonchev–Trinajstić information content (AvgIpc) is 3.18. The lowest BCUT2D eigenvalue weighted by atomic mass is 10.3. The van der Waals surface area contributed by atoms with Crippen molar-refractivity contribution in [2.75, 3.05) is 51.2 Å². The van der Waals surface area contributed by atoms with E-state index >= 15 is 0 Å². The lowest BCUT2D eigenvalue weighted by Gasteiger charge is -2.39. The van der Waals surface area contributed by atoms with Crippen LogP contribution in [0.25, 0.3) is 0 Å². The fourth-order valence-electron chi connectivity index (χ4n) is 4.20. The molecule has 2 aromatic rings. The molecule has 37 heavy (non-hydrogen) atoms. The van der Waals surface area contributed by atoms with Crippen molar-refractivity contribution in [3.8, 4) is 0 Å². The van der Waals surface area contributed by atoms with Crippen LogP contribution in [0.5, 0.6) is 0 Å². The Bertz CT molecular complexity index is 1260. The number of nitrogens with zero attached hydrogens (tertiary/aromatic N) is 8. The number of carbonyl (C=O) groups excluding carboxylic acids is 5. The van der Waals surface area contributed by atoms with E-state index in [1.165, 1.54) is 51.3 Å². The van der Waals surface area contributed by atoms with Gasteiger partial charge in [0.05, 0.1) is 5.02 Å². The fourth-order valence-corrected chi connectivity index (χ4v) is 4.31. The minimum Gasteiger partial charge on any atom is -0.419 e. The Morgan fingerprint density at radius 1 is 0.919 bits per heavy atom. The number of aromatic nitrogens is 3. The minimum atomic E-state index is -1.19. The standard InChI is InChI=1S/C22H21ClN8O6/c1-27-15(32)11-30(12-16(27)33)21(35)28-6-8-29(9-7-28)22(36)37-20-18-17(24-4-5-25-18)19(34)31(20)14-3-2-13(23)10-26-14/h2-5,10,20H,6-9,11-12H2,1H3/t20-/m1/s1. The number of amides is 6. The van der Waals surface area contributed by atoms with Crippen molar-refractivity contribution in [3.05, 3.63) is 47.1 Å². The van der Waals surface area contributed by atoms with E-state index in [-0.39, 0.29) is 56.5 Å². The zero-order chi connectivity index (χ0) is 26.3. The monoisotopic (exact) mass is 528 g/mol. The number of hydrogen-bond donors (Lipinski definition) is 0. The molecule has 6 amide bonds. The molecule has 5 rings (SSSR count). The van der Waals surface area contributed by atoms with E-state index < -0.39 is 36.1 Å². The lowest BCUT2D eigenvalue weighted by molar-refractivity contribution is -0.148. The SMILES string of the molecule is CN1C(=O)CN(C(=O)N2CCN(C(=O)O[C@@H]3c4nccnc4C(=O)N3c3ccc(Cl)cn3)CC2)CC1=O. The summed E-state index contributed by atoms with van der Waals surface area (Å²) in [5, 5.41) is 0.371. The molecule has 15 heteroatoms. The zero-order valence-corrected chi connectivity index (χ0v) is 20.4. The molecule has 0 radical (unpaired) electrons. The molecule has 0 aliphatic carbocycles. The van der Waals surface area contributed by atoms with Crippen LogP contribution in [0.15, 0.2) is 30.7 Å². The summed E-state index contributed by atoms with van der Waals surface area (Å²) in [6.07, 6.45) is 2.22. The van der Waals surface area contributed by atoms with Gasteiger partial charge >= 0.3 is 12.1 Å². The Labute approximate surface area is 215 Å². The third-order valence-electron chi connectivity index (χ3n) is 6.27. The highest BCUT2D eigenvalue weighted by molar-refractivity contribution is 6.30. The van der Waals surface area contributed by atoms with Gasteiger partial charge in [-0.3, -0.25) is 24.3 Å². The first-order valence-corrected chi connectivity index (χ1v) is 11.7. The molecule has 14 nitrogen and oxygen atoms in total. The summed E-state index contributed by atoms with van der Waals surface area (Å²) in [4.78, 5) is 81.5. The van der Waals surface area contributed by atoms with Gasteiger partial charge in [0.25, 0.3) is 5.91 Å². The van der Waals surface area contributed by atoms with Crippen molar-refractivity contribution in [1.29, 1.82) is 0 Å². The molecule has 2 aromatic heterocycles. The van der Waals surface area contributed by atoms with Gasteiger partial charge in [-0.15, -0.1) is 0 Å². The maximum absolute atomic E-state index is 13.1. The third-order valence-corrected chi connectivity index (χ3v) is 6.49. The number of anilines is 1. The maximum Gasteiger partial charge on any atom is 0.412 e. The molecule has 192 valence electrons. The summed E-state index contributed by atoms with van der Waals surface area (Å²) in [7, 11) is 1.38. The highest BCUT2D eigenvalue weighted by atomic mass is 35.5. The topological polar surface area (TPSA) is 149 Å². The molecule has 0 N–H and O–H groups in total. The lowest BCUT2D eigenvalue weighted by Crippen LogP contribution is -2.59. The minimum absolute atomic E-state index is 0.0451. The summed E-state index contributed by atoms with van der Waals surface area (Å²) < 4.78 is 5.70. The summed E-state index contributed by atoms with van der Waals surface area (Å²) >= 11 is 5.92. The number of ether oxygens (including phenoxy) is 1. The van der Waals surface area contributed by atoms with Crippen molar-refractivity contribution in [2.24, 2.45) is 0 Å². The first-order valence-electron chi connectivity index (χ1n) is 11.3. The van der Waals surface area contributed by atoms with Gasteiger partial charge < -0.3 is 19.4 Å². The molecule has 0 unspecified atom stereocenters. The molecule has 1 atom stereocenters. The second kappa shape index (κ2) is 9.61. The van der Waals surface area contributed by atoms with Crippen LogP contribution in [-0.4, -0.2) is 111 Å². The molecule has 3 aliphatic heterocycles. The van der Waals surface area contributed by atoms with E-state index in [1.54, 1.807) is 6.07 Å². The average molecular weight is 529 g/mol. The van der Waals surface area contributed by atoms with Gasteiger partial charge in [0, 0.05) is 51.8 Å². The molecule has 0 aromatic carbocycles. The van der Waals surface area contributed by atoms with Crippen molar-refractivity contribution in [1.82, 2.24) is 34.6 Å². The normalized spacial score (nSPS) is 19.9. The summed E-state index contributed by atoms with van der Waals surface area (Å²) in [6, 6.07) is 2.62. The highest BCUT2D eigenvalue weighted by Gasteiger charge is 2.44. The molecule has 0 bridgehead atoms. The van der Waals surface area contributed by atoms with Gasteiger partial charge in [-0.25, -0.2) is 24.5 Å². The van der Waals surface area contributed by atoms with Crippen molar-refractivity contribution in [3.63, 3.8) is 0 Å². The van der Waals surface area contributed by atoms with Crippen LogP contribution in [0.2, 0.25) is 5.02 Å². The van der Waals surface area contributed by atoms with Crippen molar-refractivity contribution in [2.45, 2.75) is 6.23 Å². The van der Waals surface area contributed by atoms with E-state index in [9.17, 15) is 24.0 Å². The summed E-state index contributed by atoms with van der Waals surface area (Å²) in [5.74, 6) is -1.23. The number of hydrogen-bond acceptors (Lipinski definition) is 9. The smallest absolute Gasteiger partial charge is 0.412 e. The quantitative estimate of drug-likeness (QED) is 0.503. The molecule has 0 saturated carbocycles. The number of urea groups is 1. The van der Waals surface area contributed by atoms with Crippen LogP contribution in [0.1, 0.15) is 22.4 Å². The Morgan fingerprint density at radius 3 is 2.22 bits per heavy atom. The van der Waals surface area contributed by atoms with Gasteiger partial charge in [0.1, 0.15) is 24.6 Å². The number of pyridine rings is 1. The third kappa shape index (κ3) is 4.50. The van der Waals surface area contributed by atoms with Crippen LogP contribution in [-0.2, 0) is 14.3 Å². The largest absolute Gasteiger partial charge is 0.419 e. The van der Waals surface area contributed by atoms with E-state index in [2.05, 4.69) is 15.0 Å². The molecule has 2 saturated heterocycles. The Hall–Kier alpha value is -4.33. The zero-order valence-electron chi connectivity index (χ0n) is 19.6. The Kier molecular flexibility index (Phi) is 6.33. The van der Waals surface area contributed by atoms with Crippen LogP contribution in [0.4, 0.5) is 15.4 Å². The van der Waals surface area contributed by atoms with Gasteiger partial charge in [-0.2, -0.15) is 0 Å². The molecular formula is C22H21ClN8O6. The number of carbonyl (C=O) groups is 5. The maximum atomic E-state index is 13.1. The predicted molar refractivity (Wildman–Crippen MR) is 125 cm³/mol. The van der Waals surface area contributed by atoms with Crippen LogP contribution >= 0.6 is 11.6 Å². The molecule has 0 spiro atoms. The number of piperazine rings is 2. The first kappa shape index (κ1) is 24.4. The van der Waals surface area contributed by atoms with E-state index in [0.29, 0.717) is 5.02 Å². The predicted octanol–water partition coefficient (Wildman–Crippen LogP) is 0.359. The van der Waals surface area contributed by atoms with Gasteiger partial charge in [-0.05, 0) is 12.1 Å². The van der Waals surface area contributed by atoms with Crippen LogP contribution in [0.3, 0.4) is 0 Å². The van der Waals surface area contributed by atoms with Crippen LogP contribution < -0.4 is 4.90 Å². The van der Waals surface area contributed by atoms with Crippen molar-refractivity contribution < 1.29 is 28.7 Å². The van der Waals surface area contributed by atoms with Crippen LogP contribution in [0, 0.1) is 0 Å². The van der Waals surface area contributed by atoms with Crippen molar-refractivity contribution >= 4 is 47.3 Å².